The average molecular weight is 274 g/mol. The molecule has 6 heteroatoms. The topological polar surface area (TPSA) is 87.7 Å². The number of nitrogen functional groups attached to an aromatic ring is 2. The van der Waals surface area contributed by atoms with E-state index < -0.39 is 0 Å². The zero-order valence-electron chi connectivity index (χ0n) is 11.9. The number of hydrogen-bond donors (Lipinski definition) is 2. The number of nitrogens with two attached hydrogens (primary N) is 2. The summed E-state index contributed by atoms with van der Waals surface area (Å²) in [5.74, 6) is 7.98. The molecule has 6 nitrogen and oxygen atoms in total. The van der Waals surface area contributed by atoms with Gasteiger partial charge in [-0.25, -0.2) is 9.66 Å². The molecule has 0 aromatic carbocycles. The second kappa shape index (κ2) is 5.19. The number of rotatable bonds is 4. The third-order valence-electron chi connectivity index (χ3n) is 4.06. The van der Waals surface area contributed by atoms with Crippen LogP contribution in [0.25, 0.3) is 11.3 Å². The predicted molar refractivity (Wildman–Crippen MR) is 79.5 cm³/mol. The van der Waals surface area contributed by atoms with Crippen molar-refractivity contribution in [1.29, 1.82) is 0 Å². The second-order valence-corrected chi connectivity index (χ2v) is 5.55. The van der Waals surface area contributed by atoms with Gasteiger partial charge in [-0.3, -0.25) is 4.68 Å². The van der Waals surface area contributed by atoms with Gasteiger partial charge in [0.05, 0.1) is 6.20 Å². The van der Waals surface area contributed by atoms with Gasteiger partial charge in [-0.05, 0) is 19.3 Å². The SMILES string of the molecule is CCCn1cc(-c2nc(C3CCCC3)n(N)c2N)cn1. The van der Waals surface area contributed by atoms with Crippen LogP contribution in [0.2, 0.25) is 0 Å². The lowest BCUT2D eigenvalue weighted by Gasteiger charge is -2.08. The van der Waals surface area contributed by atoms with Crippen molar-refractivity contribution in [1.82, 2.24) is 19.4 Å². The molecule has 3 rings (SSSR count). The molecule has 1 saturated carbocycles. The molecule has 0 radical (unpaired) electrons. The standard InChI is InChI=1S/C14H22N6/c1-2-7-19-9-11(8-17-19)12-13(15)20(16)14(18-12)10-5-3-4-6-10/h8-10H,2-7,15-16H2,1H3. The maximum atomic E-state index is 6.12. The van der Waals surface area contributed by atoms with Gasteiger partial charge in [0.2, 0.25) is 0 Å². The van der Waals surface area contributed by atoms with E-state index in [1.165, 1.54) is 12.8 Å². The van der Waals surface area contributed by atoms with E-state index >= 15 is 0 Å². The Balaban J connectivity index is 1.94. The number of nitrogens with zero attached hydrogens (tertiary/aromatic N) is 4. The molecular weight excluding hydrogens is 252 g/mol. The Morgan fingerprint density at radius 3 is 2.80 bits per heavy atom. The molecule has 0 aliphatic heterocycles. The van der Waals surface area contributed by atoms with Gasteiger partial charge in [0.25, 0.3) is 0 Å². The van der Waals surface area contributed by atoms with Gasteiger partial charge in [0, 0.05) is 24.2 Å². The smallest absolute Gasteiger partial charge is 0.150 e. The van der Waals surface area contributed by atoms with Gasteiger partial charge in [-0.1, -0.05) is 19.8 Å². The molecule has 1 aliphatic carbocycles. The summed E-state index contributed by atoms with van der Waals surface area (Å²) in [4.78, 5) is 4.69. The first-order valence-electron chi connectivity index (χ1n) is 7.36. The minimum atomic E-state index is 0.446. The lowest BCUT2D eigenvalue weighted by Crippen LogP contribution is -2.17. The van der Waals surface area contributed by atoms with Gasteiger partial charge in [-0.15, -0.1) is 0 Å². The second-order valence-electron chi connectivity index (χ2n) is 5.55. The van der Waals surface area contributed by atoms with Crippen molar-refractivity contribution < 1.29 is 0 Å². The van der Waals surface area contributed by atoms with Gasteiger partial charge < -0.3 is 11.6 Å². The zero-order valence-corrected chi connectivity index (χ0v) is 11.9. The van der Waals surface area contributed by atoms with Crippen molar-refractivity contribution in [3.63, 3.8) is 0 Å². The van der Waals surface area contributed by atoms with E-state index in [4.69, 9.17) is 16.6 Å². The summed E-state index contributed by atoms with van der Waals surface area (Å²) >= 11 is 0. The van der Waals surface area contributed by atoms with Crippen LogP contribution in [0.4, 0.5) is 5.82 Å². The fourth-order valence-corrected chi connectivity index (χ4v) is 2.98. The van der Waals surface area contributed by atoms with Crippen LogP contribution in [0, 0.1) is 0 Å². The van der Waals surface area contributed by atoms with Gasteiger partial charge >= 0.3 is 0 Å². The molecule has 4 N–H and O–H groups in total. The Hall–Kier alpha value is -1.98. The first-order chi connectivity index (χ1) is 9.70. The predicted octanol–water partition coefficient (Wildman–Crippen LogP) is 2.11. The summed E-state index contributed by atoms with van der Waals surface area (Å²) in [6.45, 7) is 3.03. The van der Waals surface area contributed by atoms with Crippen LogP contribution in [0.5, 0.6) is 0 Å². The van der Waals surface area contributed by atoms with Crippen LogP contribution in [0.15, 0.2) is 12.4 Å². The van der Waals surface area contributed by atoms with Crippen molar-refractivity contribution in [3.8, 4) is 11.3 Å². The van der Waals surface area contributed by atoms with E-state index in [1.54, 1.807) is 4.68 Å². The molecule has 1 fully saturated rings. The van der Waals surface area contributed by atoms with Crippen molar-refractivity contribution in [2.24, 2.45) is 0 Å². The van der Waals surface area contributed by atoms with Gasteiger partial charge in [0.15, 0.2) is 5.82 Å². The largest absolute Gasteiger partial charge is 0.382 e. The Kier molecular flexibility index (Phi) is 3.38. The Bertz CT molecular complexity index is 591. The number of anilines is 1. The lowest BCUT2D eigenvalue weighted by atomic mass is 10.1. The molecule has 2 aromatic heterocycles. The quantitative estimate of drug-likeness (QED) is 0.836. The van der Waals surface area contributed by atoms with E-state index in [0.717, 1.165) is 42.9 Å². The van der Waals surface area contributed by atoms with Crippen molar-refractivity contribution in [2.75, 3.05) is 11.6 Å². The van der Waals surface area contributed by atoms with Crippen molar-refractivity contribution in [3.05, 3.63) is 18.2 Å². The zero-order chi connectivity index (χ0) is 14.1. The van der Waals surface area contributed by atoms with Crippen molar-refractivity contribution in [2.45, 2.75) is 51.5 Å². The molecule has 0 saturated heterocycles. The number of imidazole rings is 1. The van der Waals surface area contributed by atoms with Gasteiger partial charge in [-0.2, -0.15) is 5.10 Å². The van der Waals surface area contributed by atoms with E-state index in [9.17, 15) is 0 Å². The van der Waals surface area contributed by atoms with Crippen LogP contribution in [-0.4, -0.2) is 19.4 Å². The van der Waals surface area contributed by atoms with E-state index in [2.05, 4.69) is 12.0 Å². The maximum Gasteiger partial charge on any atom is 0.150 e. The highest BCUT2D eigenvalue weighted by Gasteiger charge is 2.25. The minimum absolute atomic E-state index is 0.446. The first-order valence-corrected chi connectivity index (χ1v) is 7.36. The highest BCUT2D eigenvalue weighted by molar-refractivity contribution is 5.70. The summed E-state index contributed by atoms with van der Waals surface area (Å²) in [6, 6.07) is 0. The van der Waals surface area contributed by atoms with E-state index in [1.807, 2.05) is 17.1 Å². The molecule has 20 heavy (non-hydrogen) atoms. The third-order valence-corrected chi connectivity index (χ3v) is 4.06. The number of hydrogen-bond acceptors (Lipinski definition) is 4. The molecule has 0 bridgehead atoms. The van der Waals surface area contributed by atoms with E-state index in [-0.39, 0.29) is 0 Å². The average Bonchev–Trinajstić information content (AvgIpc) is 3.14. The molecular formula is C14H22N6. The molecule has 0 atom stereocenters. The number of aromatic nitrogens is 4. The summed E-state index contributed by atoms with van der Waals surface area (Å²) in [5, 5.41) is 4.33. The highest BCUT2D eigenvalue weighted by Crippen LogP contribution is 2.36. The summed E-state index contributed by atoms with van der Waals surface area (Å²) in [7, 11) is 0. The summed E-state index contributed by atoms with van der Waals surface area (Å²) < 4.78 is 3.47. The fourth-order valence-electron chi connectivity index (χ4n) is 2.98. The summed E-state index contributed by atoms with van der Waals surface area (Å²) in [6.07, 6.45) is 9.66. The summed E-state index contributed by atoms with van der Waals surface area (Å²) in [5.41, 5.74) is 7.83. The highest BCUT2D eigenvalue weighted by atomic mass is 15.4. The van der Waals surface area contributed by atoms with Crippen LogP contribution in [-0.2, 0) is 6.54 Å². The van der Waals surface area contributed by atoms with Crippen LogP contribution in [0.1, 0.15) is 50.8 Å². The monoisotopic (exact) mass is 274 g/mol. The Morgan fingerprint density at radius 2 is 2.10 bits per heavy atom. The minimum Gasteiger partial charge on any atom is -0.382 e. The molecule has 2 aromatic rings. The van der Waals surface area contributed by atoms with E-state index in [0.29, 0.717) is 11.7 Å². The molecule has 2 heterocycles. The molecule has 0 amide bonds. The van der Waals surface area contributed by atoms with Gasteiger partial charge in [0.1, 0.15) is 11.5 Å². The van der Waals surface area contributed by atoms with Crippen LogP contribution in [0.3, 0.4) is 0 Å². The molecule has 0 spiro atoms. The maximum absolute atomic E-state index is 6.12. The molecule has 0 unspecified atom stereocenters. The van der Waals surface area contributed by atoms with Crippen LogP contribution >= 0.6 is 0 Å². The normalized spacial score (nSPS) is 16.1. The molecule has 1 aliphatic rings. The van der Waals surface area contributed by atoms with Crippen LogP contribution < -0.4 is 11.6 Å². The first kappa shape index (κ1) is 13.0. The fraction of sp³-hybridized carbons (Fsp3) is 0.571. The lowest BCUT2D eigenvalue weighted by molar-refractivity contribution is 0.603. The Morgan fingerprint density at radius 1 is 1.35 bits per heavy atom. The Labute approximate surface area is 118 Å². The number of aryl methyl sites for hydroxylation is 1. The molecule has 108 valence electrons. The van der Waals surface area contributed by atoms with Crippen molar-refractivity contribution >= 4 is 5.82 Å². The third kappa shape index (κ3) is 2.15.